The number of anilines is 1. The van der Waals surface area contributed by atoms with Crippen LogP contribution >= 0.6 is 0 Å². The van der Waals surface area contributed by atoms with E-state index in [4.69, 9.17) is 4.74 Å². The molecule has 1 heterocycles. The summed E-state index contributed by atoms with van der Waals surface area (Å²) < 4.78 is 4.99. The third-order valence-corrected chi connectivity index (χ3v) is 5.20. The van der Waals surface area contributed by atoms with Crippen molar-refractivity contribution in [1.82, 2.24) is 10.2 Å². The van der Waals surface area contributed by atoms with Crippen molar-refractivity contribution >= 4 is 35.3 Å². The van der Waals surface area contributed by atoms with Gasteiger partial charge in [-0.05, 0) is 48.0 Å². The molecule has 9 heteroatoms. The Labute approximate surface area is 200 Å². The molecule has 0 spiro atoms. The summed E-state index contributed by atoms with van der Waals surface area (Å²) in [6.45, 7) is 1.04. The van der Waals surface area contributed by atoms with Crippen LogP contribution in [0.5, 0.6) is 5.75 Å². The van der Waals surface area contributed by atoms with E-state index < -0.39 is 30.2 Å². The predicted octanol–water partition coefficient (Wildman–Crippen LogP) is 2.78. The number of ether oxygens (including phenoxy) is 1. The van der Waals surface area contributed by atoms with Gasteiger partial charge >= 0.3 is 5.97 Å². The number of benzene rings is 3. The zero-order valence-electron chi connectivity index (χ0n) is 18.7. The number of fused-ring (bicyclic) bond motifs is 1. The van der Waals surface area contributed by atoms with Gasteiger partial charge in [-0.1, -0.05) is 30.3 Å². The second-order valence-electron chi connectivity index (χ2n) is 7.79. The highest BCUT2D eigenvalue weighted by atomic mass is 16.5. The first-order valence-electron chi connectivity index (χ1n) is 10.7. The summed E-state index contributed by atoms with van der Waals surface area (Å²) in [5.41, 5.74) is 2.06. The Balaban J connectivity index is 1.34. The average Bonchev–Trinajstić information content (AvgIpc) is 3.07. The minimum Gasteiger partial charge on any atom is -0.427 e. The molecule has 35 heavy (non-hydrogen) atoms. The van der Waals surface area contributed by atoms with Crippen LogP contribution in [0.1, 0.15) is 43.6 Å². The van der Waals surface area contributed by atoms with E-state index in [2.05, 4.69) is 10.6 Å². The van der Waals surface area contributed by atoms with E-state index in [1.165, 1.54) is 13.0 Å². The van der Waals surface area contributed by atoms with Crippen molar-refractivity contribution in [2.45, 2.75) is 13.5 Å². The molecule has 9 nitrogen and oxygen atoms in total. The number of hydrogen-bond donors (Lipinski definition) is 2. The maximum atomic E-state index is 12.5. The highest BCUT2D eigenvalue weighted by Gasteiger charge is 2.36. The van der Waals surface area contributed by atoms with E-state index in [0.29, 0.717) is 16.8 Å². The lowest BCUT2D eigenvalue weighted by Crippen LogP contribution is -2.37. The summed E-state index contributed by atoms with van der Waals surface area (Å²) in [7, 11) is 0. The van der Waals surface area contributed by atoms with E-state index in [0.717, 1.165) is 4.90 Å². The minimum absolute atomic E-state index is 0.179. The summed E-state index contributed by atoms with van der Waals surface area (Å²) in [5, 5.41) is 5.44. The summed E-state index contributed by atoms with van der Waals surface area (Å²) in [5.74, 6) is -2.11. The SMILES string of the molecule is CC(=O)Oc1cccc(C(=O)NCc2cccc(NC(=O)CN3C(=O)c4ccccc4C3=O)c2)c1. The van der Waals surface area contributed by atoms with E-state index in [-0.39, 0.29) is 29.3 Å². The second kappa shape index (κ2) is 10.0. The number of amides is 4. The molecule has 0 bridgehead atoms. The number of carbonyl (C=O) groups is 5. The van der Waals surface area contributed by atoms with Crippen LogP contribution in [0.3, 0.4) is 0 Å². The third kappa shape index (κ3) is 5.41. The van der Waals surface area contributed by atoms with Gasteiger partial charge in [0.15, 0.2) is 0 Å². The molecule has 0 atom stereocenters. The Kier molecular flexibility index (Phi) is 6.68. The van der Waals surface area contributed by atoms with Crippen LogP contribution in [0.4, 0.5) is 5.69 Å². The van der Waals surface area contributed by atoms with Crippen molar-refractivity contribution in [3.05, 3.63) is 95.1 Å². The van der Waals surface area contributed by atoms with Crippen molar-refractivity contribution in [2.75, 3.05) is 11.9 Å². The lowest BCUT2D eigenvalue weighted by atomic mass is 10.1. The average molecular weight is 471 g/mol. The van der Waals surface area contributed by atoms with E-state index in [1.807, 2.05) is 0 Å². The quantitative estimate of drug-likeness (QED) is 0.310. The molecule has 1 aliphatic heterocycles. The Morgan fingerprint density at radius 1 is 0.857 bits per heavy atom. The molecule has 0 aromatic heterocycles. The fraction of sp³-hybridized carbons (Fsp3) is 0.115. The first-order chi connectivity index (χ1) is 16.8. The molecule has 0 aliphatic carbocycles. The van der Waals surface area contributed by atoms with Gasteiger partial charge in [0.25, 0.3) is 17.7 Å². The van der Waals surface area contributed by atoms with Gasteiger partial charge in [-0.3, -0.25) is 28.9 Å². The lowest BCUT2D eigenvalue weighted by molar-refractivity contribution is -0.131. The Morgan fingerprint density at radius 3 is 2.23 bits per heavy atom. The zero-order valence-corrected chi connectivity index (χ0v) is 18.7. The molecular formula is C26H21N3O6. The molecule has 2 N–H and O–H groups in total. The van der Waals surface area contributed by atoms with Crippen molar-refractivity contribution in [3.63, 3.8) is 0 Å². The monoisotopic (exact) mass is 471 g/mol. The van der Waals surface area contributed by atoms with Crippen LogP contribution < -0.4 is 15.4 Å². The van der Waals surface area contributed by atoms with Gasteiger partial charge in [-0.25, -0.2) is 0 Å². The van der Waals surface area contributed by atoms with E-state index in [9.17, 15) is 24.0 Å². The fourth-order valence-electron chi connectivity index (χ4n) is 3.64. The maximum Gasteiger partial charge on any atom is 0.308 e. The van der Waals surface area contributed by atoms with Crippen LogP contribution in [0, 0.1) is 0 Å². The normalized spacial score (nSPS) is 12.2. The second-order valence-corrected chi connectivity index (χ2v) is 7.79. The summed E-state index contributed by atoms with van der Waals surface area (Å²) in [6.07, 6.45) is 0. The van der Waals surface area contributed by atoms with Crippen LogP contribution in [0.25, 0.3) is 0 Å². The smallest absolute Gasteiger partial charge is 0.308 e. The van der Waals surface area contributed by atoms with Gasteiger partial charge in [-0.2, -0.15) is 0 Å². The highest BCUT2D eigenvalue weighted by molar-refractivity contribution is 6.22. The van der Waals surface area contributed by atoms with Gasteiger partial charge < -0.3 is 15.4 Å². The minimum atomic E-state index is -0.525. The number of nitrogens with zero attached hydrogens (tertiary/aromatic N) is 1. The summed E-state index contributed by atoms with van der Waals surface area (Å²) in [4.78, 5) is 61.9. The molecule has 176 valence electrons. The fourth-order valence-corrected chi connectivity index (χ4v) is 3.64. The lowest BCUT2D eigenvalue weighted by Gasteiger charge is -2.14. The number of rotatable bonds is 7. The third-order valence-electron chi connectivity index (χ3n) is 5.20. The van der Waals surface area contributed by atoms with E-state index in [1.54, 1.807) is 66.7 Å². The summed E-state index contributed by atoms with van der Waals surface area (Å²) in [6, 6.07) is 19.5. The van der Waals surface area contributed by atoms with Gasteiger partial charge in [0, 0.05) is 24.7 Å². The topological polar surface area (TPSA) is 122 Å². The number of nitrogens with one attached hydrogen (secondary N) is 2. The molecule has 0 saturated heterocycles. The zero-order chi connectivity index (χ0) is 24.9. The van der Waals surface area contributed by atoms with Crippen LogP contribution in [0.15, 0.2) is 72.8 Å². The maximum absolute atomic E-state index is 12.5. The number of hydrogen-bond acceptors (Lipinski definition) is 6. The molecule has 0 radical (unpaired) electrons. The summed E-state index contributed by atoms with van der Waals surface area (Å²) >= 11 is 0. The van der Waals surface area contributed by atoms with Crippen LogP contribution in [-0.4, -0.2) is 41.0 Å². The molecule has 4 rings (SSSR count). The van der Waals surface area contributed by atoms with Crippen LogP contribution in [0.2, 0.25) is 0 Å². The van der Waals surface area contributed by atoms with Gasteiger partial charge in [-0.15, -0.1) is 0 Å². The van der Waals surface area contributed by atoms with Gasteiger partial charge in [0.1, 0.15) is 12.3 Å². The Morgan fingerprint density at radius 2 is 1.54 bits per heavy atom. The molecule has 3 aromatic rings. The van der Waals surface area contributed by atoms with Gasteiger partial charge in [0.05, 0.1) is 11.1 Å². The van der Waals surface area contributed by atoms with Crippen LogP contribution in [-0.2, 0) is 16.1 Å². The standard InChI is InChI=1S/C26H21N3O6/c1-16(30)35-20-9-5-7-18(13-20)24(32)27-14-17-6-4-8-19(12-17)28-23(31)15-29-25(33)21-10-2-3-11-22(21)26(29)34/h2-13H,14-15H2,1H3,(H,27,32)(H,28,31). The molecule has 1 aliphatic rings. The first kappa shape index (κ1) is 23.4. The first-order valence-corrected chi connectivity index (χ1v) is 10.7. The Hall–Kier alpha value is -4.79. The van der Waals surface area contributed by atoms with Crippen molar-refractivity contribution < 1.29 is 28.7 Å². The van der Waals surface area contributed by atoms with Crippen molar-refractivity contribution in [2.24, 2.45) is 0 Å². The van der Waals surface area contributed by atoms with E-state index >= 15 is 0 Å². The number of imide groups is 1. The van der Waals surface area contributed by atoms with Crippen molar-refractivity contribution in [1.29, 1.82) is 0 Å². The predicted molar refractivity (Wildman–Crippen MR) is 126 cm³/mol. The highest BCUT2D eigenvalue weighted by Crippen LogP contribution is 2.22. The molecule has 3 aromatic carbocycles. The molecular weight excluding hydrogens is 450 g/mol. The number of carbonyl (C=O) groups excluding carboxylic acids is 5. The molecule has 0 unspecified atom stereocenters. The number of esters is 1. The largest absolute Gasteiger partial charge is 0.427 e. The molecule has 0 fully saturated rings. The Bertz CT molecular complexity index is 1320. The molecule has 4 amide bonds. The van der Waals surface area contributed by atoms with Gasteiger partial charge in [0.2, 0.25) is 5.91 Å². The molecule has 0 saturated carbocycles. The van der Waals surface area contributed by atoms with Crippen molar-refractivity contribution in [3.8, 4) is 5.75 Å².